The standard InChI is InChI=1S/C10H12F3N5S/c1-5-4-6(2-3-14-5)7-17-18-8(10(11,12)13)15-16-9(18)19-7/h5-6,14H,2-4H2,1H3. The lowest BCUT2D eigenvalue weighted by molar-refractivity contribution is -0.146. The fourth-order valence-electron chi connectivity index (χ4n) is 2.33. The monoisotopic (exact) mass is 291 g/mol. The highest BCUT2D eigenvalue weighted by molar-refractivity contribution is 7.16. The van der Waals surface area contributed by atoms with Gasteiger partial charge >= 0.3 is 6.18 Å². The summed E-state index contributed by atoms with van der Waals surface area (Å²) in [5, 5.41) is 14.8. The van der Waals surface area contributed by atoms with Crippen LogP contribution in [0.5, 0.6) is 0 Å². The molecule has 1 N–H and O–H groups in total. The Morgan fingerprint density at radius 1 is 1.37 bits per heavy atom. The van der Waals surface area contributed by atoms with Crippen LogP contribution in [-0.2, 0) is 6.18 Å². The van der Waals surface area contributed by atoms with Gasteiger partial charge in [-0.25, -0.2) is 0 Å². The van der Waals surface area contributed by atoms with Gasteiger partial charge in [0.15, 0.2) is 0 Å². The zero-order valence-electron chi connectivity index (χ0n) is 10.1. The maximum atomic E-state index is 12.7. The van der Waals surface area contributed by atoms with Gasteiger partial charge in [0.2, 0.25) is 4.96 Å². The van der Waals surface area contributed by atoms with Crippen molar-refractivity contribution in [1.29, 1.82) is 0 Å². The van der Waals surface area contributed by atoms with E-state index in [9.17, 15) is 13.2 Å². The number of aromatic nitrogens is 4. The molecule has 0 aromatic carbocycles. The molecule has 5 nitrogen and oxygen atoms in total. The van der Waals surface area contributed by atoms with Crippen LogP contribution in [0.3, 0.4) is 0 Å². The average Bonchev–Trinajstić information content (AvgIpc) is 2.85. The van der Waals surface area contributed by atoms with Gasteiger partial charge in [-0.05, 0) is 26.3 Å². The molecule has 0 saturated carbocycles. The van der Waals surface area contributed by atoms with E-state index in [1.807, 2.05) is 0 Å². The minimum Gasteiger partial charge on any atom is -0.314 e. The minimum atomic E-state index is -4.52. The van der Waals surface area contributed by atoms with Crippen molar-refractivity contribution in [1.82, 2.24) is 25.1 Å². The highest BCUT2D eigenvalue weighted by Gasteiger charge is 2.38. The van der Waals surface area contributed by atoms with Gasteiger partial charge in [-0.15, -0.1) is 10.2 Å². The van der Waals surface area contributed by atoms with Crippen molar-refractivity contribution in [2.45, 2.75) is 37.9 Å². The summed E-state index contributed by atoms with van der Waals surface area (Å²) in [4.78, 5) is 0.202. The number of nitrogens with zero attached hydrogens (tertiary/aromatic N) is 4. The lowest BCUT2D eigenvalue weighted by Gasteiger charge is -2.26. The first-order chi connectivity index (χ1) is 8.95. The highest BCUT2D eigenvalue weighted by Crippen LogP contribution is 2.33. The van der Waals surface area contributed by atoms with Crippen LogP contribution in [0.25, 0.3) is 4.96 Å². The second-order valence-corrected chi connectivity index (χ2v) is 5.72. The Labute approximate surface area is 110 Å². The maximum Gasteiger partial charge on any atom is 0.453 e. The zero-order valence-corrected chi connectivity index (χ0v) is 10.9. The molecule has 3 rings (SSSR count). The van der Waals surface area contributed by atoms with Crippen molar-refractivity contribution in [3.63, 3.8) is 0 Å². The molecule has 0 spiro atoms. The number of fused-ring (bicyclic) bond motifs is 1. The molecule has 0 radical (unpaired) electrons. The number of nitrogens with one attached hydrogen (secondary N) is 1. The largest absolute Gasteiger partial charge is 0.453 e. The molecule has 0 bridgehead atoms. The van der Waals surface area contributed by atoms with Crippen molar-refractivity contribution in [2.75, 3.05) is 6.54 Å². The third-order valence-corrected chi connectivity index (χ3v) is 4.29. The summed E-state index contributed by atoms with van der Waals surface area (Å²) in [6.07, 6.45) is -2.76. The molecule has 3 heterocycles. The number of hydrogen-bond acceptors (Lipinski definition) is 5. The lowest BCUT2D eigenvalue weighted by atomic mass is 9.94. The first-order valence-electron chi connectivity index (χ1n) is 5.98. The molecule has 1 fully saturated rings. The van der Waals surface area contributed by atoms with E-state index in [-0.39, 0.29) is 10.9 Å². The van der Waals surface area contributed by atoms with Crippen molar-refractivity contribution < 1.29 is 13.2 Å². The number of alkyl halides is 3. The molecular weight excluding hydrogens is 279 g/mol. The summed E-state index contributed by atoms with van der Waals surface area (Å²) in [7, 11) is 0. The van der Waals surface area contributed by atoms with E-state index in [4.69, 9.17) is 0 Å². The molecular formula is C10H12F3N5S. The van der Waals surface area contributed by atoms with Crippen molar-refractivity contribution in [3.8, 4) is 0 Å². The zero-order chi connectivity index (χ0) is 13.6. The molecule has 104 valence electrons. The predicted molar refractivity (Wildman–Crippen MR) is 63.1 cm³/mol. The van der Waals surface area contributed by atoms with E-state index in [0.29, 0.717) is 11.0 Å². The molecule has 1 saturated heterocycles. The summed E-state index contributed by atoms with van der Waals surface area (Å²) < 4.78 is 38.9. The van der Waals surface area contributed by atoms with Crippen LogP contribution >= 0.6 is 11.3 Å². The van der Waals surface area contributed by atoms with Crippen LogP contribution in [0.2, 0.25) is 0 Å². The SMILES string of the molecule is CC1CC(c2nn3c(C(F)(F)F)nnc3s2)CCN1. The van der Waals surface area contributed by atoms with E-state index in [1.54, 1.807) is 0 Å². The number of hydrogen-bond donors (Lipinski definition) is 1. The van der Waals surface area contributed by atoms with Gasteiger partial charge < -0.3 is 5.32 Å². The number of halogens is 3. The van der Waals surface area contributed by atoms with Crippen LogP contribution in [0.4, 0.5) is 13.2 Å². The summed E-state index contributed by atoms with van der Waals surface area (Å²) >= 11 is 1.19. The number of rotatable bonds is 1. The Bertz CT molecular complexity index is 590. The van der Waals surface area contributed by atoms with E-state index in [2.05, 4.69) is 27.5 Å². The molecule has 0 aliphatic carbocycles. The van der Waals surface area contributed by atoms with E-state index >= 15 is 0 Å². The second kappa shape index (κ2) is 4.41. The smallest absolute Gasteiger partial charge is 0.314 e. The van der Waals surface area contributed by atoms with Gasteiger partial charge in [0.25, 0.3) is 5.82 Å². The molecule has 0 amide bonds. The Morgan fingerprint density at radius 3 is 2.84 bits per heavy atom. The first kappa shape index (κ1) is 12.8. The quantitative estimate of drug-likeness (QED) is 0.874. The second-order valence-electron chi connectivity index (χ2n) is 4.73. The normalized spacial score (nSPS) is 25.1. The minimum absolute atomic E-state index is 0.198. The molecule has 2 atom stereocenters. The third kappa shape index (κ3) is 2.32. The molecule has 9 heteroatoms. The van der Waals surface area contributed by atoms with Crippen molar-refractivity contribution in [3.05, 3.63) is 10.8 Å². The molecule has 1 aliphatic rings. The van der Waals surface area contributed by atoms with E-state index in [0.717, 1.165) is 23.9 Å². The molecule has 2 aromatic rings. The van der Waals surface area contributed by atoms with Gasteiger partial charge in [0.05, 0.1) is 0 Å². The van der Waals surface area contributed by atoms with Crippen molar-refractivity contribution in [2.24, 2.45) is 0 Å². The average molecular weight is 291 g/mol. The molecule has 1 aliphatic heterocycles. The van der Waals surface area contributed by atoms with Crippen LogP contribution in [0.15, 0.2) is 0 Å². The molecule has 2 unspecified atom stereocenters. The van der Waals surface area contributed by atoms with Crippen LogP contribution < -0.4 is 5.32 Å². The predicted octanol–water partition coefficient (Wildman–Crippen LogP) is 2.06. The topological polar surface area (TPSA) is 55.1 Å². The van der Waals surface area contributed by atoms with Gasteiger partial charge in [-0.3, -0.25) is 0 Å². The van der Waals surface area contributed by atoms with Gasteiger partial charge in [0, 0.05) is 12.0 Å². The fraction of sp³-hybridized carbons (Fsp3) is 0.700. The highest BCUT2D eigenvalue weighted by atomic mass is 32.1. The third-order valence-electron chi connectivity index (χ3n) is 3.23. The fourth-order valence-corrected chi connectivity index (χ4v) is 3.32. The summed E-state index contributed by atoms with van der Waals surface area (Å²) in [5.74, 6) is -0.851. The van der Waals surface area contributed by atoms with Crippen molar-refractivity contribution >= 4 is 16.3 Å². The summed E-state index contributed by atoms with van der Waals surface area (Å²) in [6.45, 7) is 2.92. The van der Waals surface area contributed by atoms with E-state index < -0.39 is 12.0 Å². The first-order valence-corrected chi connectivity index (χ1v) is 6.79. The summed E-state index contributed by atoms with van der Waals surface area (Å²) in [6, 6.07) is 0.357. The lowest BCUT2D eigenvalue weighted by Crippen LogP contribution is -2.34. The Kier molecular flexibility index (Phi) is 2.97. The maximum absolute atomic E-state index is 12.7. The van der Waals surface area contributed by atoms with Gasteiger partial charge in [-0.1, -0.05) is 11.3 Å². The summed E-state index contributed by atoms with van der Waals surface area (Å²) in [5.41, 5.74) is 0. The molecule has 19 heavy (non-hydrogen) atoms. The molecule has 2 aromatic heterocycles. The van der Waals surface area contributed by atoms with Gasteiger partial charge in [0.1, 0.15) is 5.01 Å². The van der Waals surface area contributed by atoms with Crippen LogP contribution in [-0.4, -0.2) is 32.4 Å². The van der Waals surface area contributed by atoms with Gasteiger partial charge in [-0.2, -0.15) is 22.8 Å². The Balaban J connectivity index is 1.96. The van der Waals surface area contributed by atoms with Crippen LogP contribution in [0.1, 0.15) is 36.5 Å². The Morgan fingerprint density at radius 2 is 2.16 bits per heavy atom. The number of piperidine rings is 1. The van der Waals surface area contributed by atoms with Crippen LogP contribution in [0, 0.1) is 0 Å². The van der Waals surface area contributed by atoms with E-state index in [1.165, 1.54) is 11.3 Å². The Hall–Kier alpha value is -1.22.